The summed E-state index contributed by atoms with van der Waals surface area (Å²) in [5, 5.41) is 64.8. The molecule has 11 atom stereocenters. The number of carbonyl (C=O) groups excluding carboxylic acids is 11. The molecule has 3 unspecified atom stereocenters. The SMILES string of the molecule is CCC(CO)OC(COC(=O)CCCC(=O)NCCN1C(=O)CC(SCCOCCC(=O)NCCOCCOCC(=O)C[C@@H](CC(C)C)C(=O)N[C@H](C(=O)C[C@H](C(=O)N[C@@H](CO)C(=O)N2CCC[C@H]2C(=O)N[C@H](CC[C@@H](Cc2ccc(O)cc2)C(=O)O)Cc2c[nH]c3ccccc23)C(C)C)[C@@H](C)O)C1=O)OC. The van der Waals surface area contributed by atoms with Crippen molar-refractivity contribution in [2.75, 3.05) is 98.5 Å². The van der Waals surface area contributed by atoms with E-state index in [0.29, 0.717) is 30.6 Å². The normalized spacial score (nSPS) is 17.0. The van der Waals surface area contributed by atoms with Gasteiger partial charge in [0.05, 0.1) is 69.6 Å². The number of Topliss-reactive ketones (excluding diaryl/α,β-unsaturated/α-hetero) is 2. The Labute approximate surface area is 629 Å². The monoisotopic (exact) mass is 1520 g/mol. The number of amides is 8. The lowest BCUT2D eigenvalue weighted by molar-refractivity contribution is -0.194. The lowest BCUT2D eigenvalue weighted by Gasteiger charge is -2.31. The number of carboxylic acids is 1. The zero-order chi connectivity index (χ0) is 78.5. The van der Waals surface area contributed by atoms with Crippen LogP contribution in [0.3, 0.4) is 0 Å². The molecule has 3 heterocycles. The molecule has 0 bridgehead atoms. The van der Waals surface area contributed by atoms with Crippen LogP contribution in [0.4, 0.5) is 0 Å². The van der Waals surface area contributed by atoms with E-state index in [4.69, 9.17) is 28.4 Å². The number of para-hydroxylation sites is 1. The van der Waals surface area contributed by atoms with Gasteiger partial charge in [0.2, 0.25) is 47.3 Å². The number of esters is 1. The number of aliphatic carboxylic acids is 1. The van der Waals surface area contributed by atoms with Crippen molar-refractivity contribution in [3.63, 3.8) is 0 Å². The molecule has 0 spiro atoms. The third-order valence-electron chi connectivity index (χ3n) is 18.6. The van der Waals surface area contributed by atoms with Gasteiger partial charge in [-0.3, -0.25) is 62.4 Å². The number of benzene rings is 2. The second kappa shape index (κ2) is 47.8. The second-order valence-corrected chi connectivity index (χ2v) is 29.0. The van der Waals surface area contributed by atoms with E-state index in [-0.39, 0.29) is 185 Å². The van der Waals surface area contributed by atoms with Gasteiger partial charge in [-0.25, -0.2) is 0 Å². The number of thioether (sulfide) groups is 1. The van der Waals surface area contributed by atoms with Crippen LogP contribution in [0.15, 0.2) is 54.7 Å². The zero-order valence-corrected chi connectivity index (χ0v) is 63.4. The number of likely N-dealkylation sites (tertiary alicyclic amines) is 2. The van der Waals surface area contributed by atoms with Gasteiger partial charge < -0.3 is 90.4 Å². The summed E-state index contributed by atoms with van der Waals surface area (Å²) < 4.78 is 32.4. The highest BCUT2D eigenvalue weighted by Crippen LogP contribution is 2.28. The van der Waals surface area contributed by atoms with Crippen molar-refractivity contribution in [2.24, 2.45) is 29.6 Å². The fourth-order valence-corrected chi connectivity index (χ4v) is 13.6. The van der Waals surface area contributed by atoms with Crippen molar-refractivity contribution in [2.45, 2.75) is 186 Å². The number of hydrogen-bond donors (Lipinski definition) is 11. The number of H-pyrrole nitrogens is 1. The van der Waals surface area contributed by atoms with Gasteiger partial charge in [0.1, 0.15) is 37.1 Å². The van der Waals surface area contributed by atoms with Crippen LogP contribution in [0.5, 0.6) is 5.75 Å². The second-order valence-electron chi connectivity index (χ2n) is 27.7. The minimum atomic E-state index is -1.52. The number of aromatic amines is 1. The van der Waals surface area contributed by atoms with Crippen LogP contribution in [0.2, 0.25) is 0 Å². The number of carbonyl (C=O) groups is 12. The molecular formula is C75H112N8O23S. The average molecular weight is 1530 g/mol. The van der Waals surface area contributed by atoms with E-state index in [2.05, 4.69) is 31.6 Å². The van der Waals surface area contributed by atoms with Crippen LogP contribution >= 0.6 is 11.8 Å². The van der Waals surface area contributed by atoms with Crippen LogP contribution in [0.25, 0.3) is 10.9 Å². The molecule has 2 aromatic carbocycles. The number of ether oxygens (including phenoxy) is 6. The highest BCUT2D eigenvalue weighted by atomic mass is 32.2. The molecule has 1 aromatic heterocycles. The number of phenols is 1. The summed E-state index contributed by atoms with van der Waals surface area (Å²) in [6.07, 6.45) is 1.02. The standard InChI is InChI=1S/C75H112N8O23S/c1-8-56(42-84)106-68(101-7)45-105-67(93)17-11-16-64(90)76-25-28-83-66(92)40-63(74(83)98)107-34-33-102-29-24-65(91)77-26-30-103-31-32-104-44-55(88)38-51(35-46(2)3)70(94)81-69(48(6)86)62(89)39-58(47(4)5)71(95)80-60(43-85)73(97)82-27-12-15-61(82)72(96)79-53(37-52-41-78-59-14-10-9-13-57(52)59)21-20-50(75(99)100)36-49-18-22-54(87)23-19-49/h9-10,13-14,18-19,22-23,41,46-48,50-51,53,56,58,60-61,63,68-69,78,84-87H,8,11-12,15-17,20-21,24-40,42-45H2,1-7H3,(H,76,90)(H,77,91)(H,79,96)(H,80,95)(H,81,94)(H,99,100)/t48-,50+,51-,53-,56?,58+,60+,61+,63?,68?,69+/m1/s1. The predicted octanol–water partition coefficient (Wildman–Crippen LogP) is 2.82. The molecule has 0 radical (unpaired) electrons. The van der Waals surface area contributed by atoms with Crippen LogP contribution in [0, 0.1) is 29.6 Å². The molecule has 596 valence electrons. The summed E-state index contributed by atoms with van der Waals surface area (Å²) in [5.41, 5.74) is 2.48. The maximum absolute atomic E-state index is 14.3. The maximum Gasteiger partial charge on any atom is 0.306 e. The van der Waals surface area contributed by atoms with Crippen LogP contribution in [-0.2, 0) is 98.8 Å². The number of ketones is 2. The van der Waals surface area contributed by atoms with Gasteiger partial charge in [-0.15, -0.1) is 11.8 Å². The molecule has 5 rings (SSSR count). The molecule has 0 aliphatic carbocycles. The number of hydrogen-bond acceptors (Lipinski definition) is 23. The number of methoxy groups -OCH3 is 1. The number of nitrogens with one attached hydrogen (secondary N) is 6. The van der Waals surface area contributed by atoms with E-state index in [0.717, 1.165) is 21.4 Å². The average Bonchev–Trinajstić information content (AvgIpc) is 1.74. The summed E-state index contributed by atoms with van der Waals surface area (Å²) in [7, 11) is 1.39. The number of phenolic OH excluding ortho intramolecular Hbond substituents is 1. The Morgan fingerprint density at radius 1 is 0.766 bits per heavy atom. The molecule has 2 saturated heterocycles. The number of fused-ring (bicyclic) bond motifs is 1. The van der Waals surface area contributed by atoms with Gasteiger partial charge in [-0.05, 0) is 106 Å². The van der Waals surface area contributed by atoms with Crippen molar-refractivity contribution in [3.05, 3.63) is 65.9 Å². The Morgan fingerprint density at radius 3 is 2.16 bits per heavy atom. The van der Waals surface area contributed by atoms with Crippen molar-refractivity contribution < 1.29 is 111 Å². The van der Waals surface area contributed by atoms with E-state index < -0.39 is 132 Å². The number of carboxylic acid groups (broad SMARTS) is 1. The van der Waals surface area contributed by atoms with Gasteiger partial charge in [-0.1, -0.05) is 65.0 Å². The Kier molecular flexibility index (Phi) is 40.0. The van der Waals surface area contributed by atoms with Crippen molar-refractivity contribution >= 4 is 93.4 Å². The quantitative estimate of drug-likeness (QED) is 0.0167. The number of imide groups is 1. The lowest BCUT2D eigenvalue weighted by atomic mass is 9.86. The van der Waals surface area contributed by atoms with Crippen molar-refractivity contribution in [1.82, 2.24) is 41.4 Å². The number of rotatable bonds is 54. The smallest absolute Gasteiger partial charge is 0.306 e. The van der Waals surface area contributed by atoms with Crippen LogP contribution in [-0.4, -0.2) is 257 Å². The Morgan fingerprint density at radius 2 is 1.48 bits per heavy atom. The Hall–Kier alpha value is -7.95. The first-order chi connectivity index (χ1) is 51.2. The Balaban J connectivity index is 0.973. The number of aromatic hydroxyl groups is 1. The molecule has 32 heteroatoms. The third kappa shape index (κ3) is 31.3. The van der Waals surface area contributed by atoms with E-state index in [9.17, 15) is 83.1 Å². The fourth-order valence-electron chi connectivity index (χ4n) is 12.5. The summed E-state index contributed by atoms with van der Waals surface area (Å²) in [5.74, 6) is -9.79. The molecular weight excluding hydrogens is 1410 g/mol. The van der Waals surface area contributed by atoms with Crippen molar-refractivity contribution in [3.8, 4) is 5.75 Å². The topological polar surface area (TPSA) is 444 Å². The van der Waals surface area contributed by atoms with E-state index in [1.54, 1.807) is 26.0 Å². The lowest BCUT2D eigenvalue weighted by Crippen LogP contribution is -2.57. The molecule has 8 amide bonds. The molecule has 31 nitrogen and oxygen atoms in total. The van der Waals surface area contributed by atoms with E-state index in [1.807, 2.05) is 51.2 Å². The largest absolute Gasteiger partial charge is 0.508 e. The first-order valence-electron chi connectivity index (χ1n) is 36.9. The van der Waals surface area contributed by atoms with Gasteiger partial charge in [0.25, 0.3) is 0 Å². The Bertz CT molecular complexity index is 3350. The first kappa shape index (κ1) is 89.7. The number of aromatic nitrogens is 1. The molecule has 0 saturated carbocycles. The van der Waals surface area contributed by atoms with Crippen LogP contribution in [0.1, 0.15) is 136 Å². The maximum atomic E-state index is 14.3. The highest BCUT2D eigenvalue weighted by Gasteiger charge is 2.42. The first-order valence-corrected chi connectivity index (χ1v) is 38.0. The van der Waals surface area contributed by atoms with Gasteiger partial charge in [0.15, 0.2) is 17.9 Å². The number of nitrogens with zero attached hydrogens (tertiary/aromatic N) is 2. The highest BCUT2D eigenvalue weighted by molar-refractivity contribution is 8.00. The zero-order valence-electron chi connectivity index (χ0n) is 62.6. The summed E-state index contributed by atoms with van der Waals surface area (Å²) in [6.45, 7) is 9.47. The molecule has 3 aromatic rings. The predicted molar refractivity (Wildman–Crippen MR) is 393 cm³/mol. The summed E-state index contributed by atoms with van der Waals surface area (Å²) in [6, 6.07) is 9.31. The fraction of sp³-hybridized carbons (Fsp3) is 0.653. The minimum absolute atomic E-state index is 0.00212. The summed E-state index contributed by atoms with van der Waals surface area (Å²) in [4.78, 5) is 165. The summed E-state index contributed by atoms with van der Waals surface area (Å²) >= 11 is 1.26. The minimum Gasteiger partial charge on any atom is -0.508 e. The van der Waals surface area contributed by atoms with Gasteiger partial charge in [0, 0.05) is 113 Å². The molecule has 11 N–H and O–H groups in total. The molecule has 2 aliphatic rings. The molecule has 2 fully saturated rings. The number of aliphatic hydroxyl groups is 3. The van der Waals surface area contributed by atoms with Gasteiger partial charge >= 0.3 is 11.9 Å². The molecule has 2 aliphatic heterocycles. The van der Waals surface area contributed by atoms with E-state index >= 15 is 0 Å². The number of aliphatic hydroxyl groups excluding tert-OH is 3. The van der Waals surface area contributed by atoms with Gasteiger partial charge in [-0.2, -0.15) is 0 Å². The van der Waals surface area contributed by atoms with Crippen molar-refractivity contribution in [1.29, 1.82) is 0 Å². The van der Waals surface area contributed by atoms with Crippen LogP contribution < -0.4 is 26.6 Å². The molecule has 107 heavy (non-hydrogen) atoms. The van der Waals surface area contributed by atoms with E-state index in [1.165, 1.54) is 42.8 Å². The third-order valence-corrected chi connectivity index (χ3v) is 19.7.